The van der Waals surface area contributed by atoms with E-state index in [1.165, 1.54) is 6.92 Å². The molecular weight excluding hydrogens is 366 g/mol. The largest absolute Gasteiger partial charge is 0.353 e. The van der Waals surface area contributed by atoms with E-state index in [0.29, 0.717) is 18.7 Å². The van der Waals surface area contributed by atoms with Gasteiger partial charge in [-0.3, -0.25) is 14.4 Å². The van der Waals surface area contributed by atoms with Crippen molar-refractivity contribution in [3.05, 3.63) is 71.8 Å². The number of nitrogens with zero attached hydrogens (tertiary/aromatic N) is 1. The van der Waals surface area contributed by atoms with E-state index in [1.807, 2.05) is 65.6 Å². The molecule has 1 aliphatic rings. The highest BCUT2D eigenvalue weighted by Gasteiger charge is 2.25. The number of carbonyl (C=O) groups excluding carboxylic acids is 3. The van der Waals surface area contributed by atoms with Crippen LogP contribution in [0.4, 0.5) is 0 Å². The van der Waals surface area contributed by atoms with E-state index in [9.17, 15) is 14.4 Å². The van der Waals surface area contributed by atoms with E-state index < -0.39 is 0 Å². The maximum absolute atomic E-state index is 12.6. The molecule has 1 heterocycles. The molecule has 152 valence electrons. The molecule has 0 spiro atoms. The molecule has 6 heteroatoms. The minimum Gasteiger partial charge on any atom is -0.353 e. The minimum atomic E-state index is -0.353. The van der Waals surface area contributed by atoms with Crippen LogP contribution in [0.25, 0.3) is 0 Å². The molecule has 29 heavy (non-hydrogen) atoms. The number of rotatable bonds is 6. The van der Waals surface area contributed by atoms with Crippen LogP contribution in [0, 0.1) is 0 Å². The van der Waals surface area contributed by atoms with Crippen LogP contribution in [-0.4, -0.2) is 41.8 Å². The van der Waals surface area contributed by atoms with Gasteiger partial charge in [-0.05, 0) is 30.5 Å². The number of piperidine rings is 1. The lowest BCUT2D eigenvalue weighted by atomic mass is 10.0. The molecule has 1 aliphatic heterocycles. The van der Waals surface area contributed by atoms with Crippen molar-refractivity contribution < 1.29 is 14.4 Å². The number of carbonyl (C=O) groups is 3. The third-order valence-corrected chi connectivity index (χ3v) is 5.14. The van der Waals surface area contributed by atoms with Gasteiger partial charge in [-0.25, -0.2) is 0 Å². The van der Waals surface area contributed by atoms with Crippen molar-refractivity contribution in [2.24, 2.45) is 0 Å². The molecule has 2 N–H and O–H groups in total. The van der Waals surface area contributed by atoms with Gasteiger partial charge < -0.3 is 15.5 Å². The van der Waals surface area contributed by atoms with Crippen LogP contribution in [0.3, 0.4) is 0 Å². The summed E-state index contributed by atoms with van der Waals surface area (Å²) in [6.07, 6.45) is 1.63. The van der Waals surface area contributed by atoms with Gasteiger partial charge in [0.2, 0.25) is 11.8 Å². The van der Waals surface area contributed by atoms with Gasteiger partial charge in [0.15, 0.2) is 0 Å². The third kappa shape index (κ3) is 5.91. The highest BCUT2D eigenvalue weighted by molar-refractivity contribution is 5.94. The van der Waals surface area contributed by atoms with Gasteiger partial charge in [-0.1, -0.05) is 48.5 Å². The zero-order valence-electron chi connectivity index (χ0n) is 16.6. The first kappa shape index (κ1) is 20.6. The van der Waals surface area contributed by atoms with Gasteiger partial charge in [0.05, 0.1) is 12.5 Å². The van der Waals surface area contributed by atoms with Crippen LogP contribution < -0.4 is 10.6 Å². The Morgan fingerprint density at radius 2 is 1.55 bits per heavy atom. The van der Waals surface area contributed by atoms with Crippen molar-refractivity contribution in [3.8, 4) is 0 Å². The van der Waals surface area contributed by atoms with Gasteiger partial charge in [-0.15, -0.1) is 0 Å². The van der Waals surface area contributed by atoms with Crippen LogP contribution in [0.1, 0.15) is 48.1 Å². The number of nitrogens with one attached hydrogen (secondary N) is 2. The smallest absolute Gasteiger partial charge is 0.253 e. The maximum Gasteiger partial charge on any atom is 0.253 e. The fourth-order valence-corrected chi connectivity index (χ4v) is 3.65. The van der Waals surface area contributed by atoms with Crippen molar-refractivity contribution in [1.82, 2.24) is 15.5 Å². The standard InChI is InChI=1S/C23H27N3O3/c1-17(27)24-21(18-8-4-2-5-9-18)16-22(28)25-20-12-14-26(15-13-20)23(29)19-10-6-3-7-11-19/h2-11,20-21H,12-16H2,1H3,(H,24,27)(H,25,28). The molecule has 2 aromatic carbocycles. The number of amides is 3. The molecule has 0 bridgehead atoms. The second-order valence-corrected chi connectivity index (χ2v) is 7.37. The SMILES string of the molecule is CC(=O)NC(CC(=O)NC1CCN(C(=O)c2ccccc2)CC1)c1ccccc1. The Labute approximate surface area is 171 Å². The lowest BCUT2D eigenvalue weighted by Gasteiger charge is -2.32. The summed E-state index contributed by atoms with van der Waals surface area (Å²) in [4.78, 5) is 38.5. The first-order valence-electron chi connectivity index (χ1n) is 9.98. The first-order valence-corrected chi connectivity index (χ1v) is 9.98. The summed E-state index contributed by atoms with van der Waals surface area (Å²) < 4.78 is 0. The summed E-state index contributed by atoms with van der Waals surface area (Å²) in [5.74, 6) is -0.231. The van der Waals surface area contributed by atoms with E-state index in [4.69, 9.17) is 0 Å². The zero-order chi connectivity index (χ0) is 20.6. The number of hydrogen-bond donors (Lipinski definition) is 2. The van der Waals surface area contributed by atoms with Crippen molar-refractivity contribution in [2.75, 3.05) is 13.1 Å². The third-order valence-electron chi connectivity index (χ3n) is 5.14. The van der Waals surface area contributed by atoms with Gasteiger partial charge in [0.25, 0.3) is 5.91 Å². The van der Waals surface area contributed by atoms with Gasteiger partial charge in [0, 0.05) is 31.6 Å². The topological polar surface area (TPSA) is 78.5 Å². The summed E-state index contributed by atoms with van der Waals surface area (Å²) >= 11 is 0. The lowest BCUT2D eigenvalue weighted by molar-refractivity contribution is -0.123. The Balaban J connectivity index is 1.51. The molecule has 1 fully saturated rings. The van der Waals surface area contributed by atoms with E-state index in [1.54, 1.807) is 0 Å². The summed E-state index contributed by atoms with van der Waals surface area (Å²) in [5.41, 5.74) is 1.59. The monoisotopic (exact) mass is 393 g/mol. The summed E-state index contributed by atoms with van der Waals surface area (Å²) in [6.45, 7) is 2.69. The Hall–Kier alpha value is -3.15. The van der Waals surface area contributed by atoms with Crippen molar-refractivity contribution in [2.45, 2.75) is 38.3 Å². The second kappa shape index (κ2) is 9.87. The molecule has 1 unspecified atom stereocenters. The van der Waals surface area contributed by atoms with Gasteiger partial charge in [-0.2, -0.15) is 0 Å². The van der Waals surface area contributed by atoms with Crippen LogP contribution in [0.5, 0.6) is 0 Å². The van der Waals surface area contributed by atoms with Crippen LogP contribution in [0.15, 0.2) is 60.7 Å². The van der Waals surface area contributed by atoms with E-state index >= 15 is 0 Å². The quantitative estimate of drug-likeness (QED) is 0.792. The highest BCUT2D eigenvalue weighted by atomic mass is 16.2. The van der Waals surface area contributed by atoms with Crippen molar-refractivity contribution >= 4 is 17.7 Å². The zero-order valence-corrected chi connectivity index (χ0v) is 16.6. The predicted molar refractivity (Wildman–Crippen MR) is 111 cm³/mol. The van der Waals surface area contributed by atoms with Crippen molar-refractivity contribution in [3.63, 3.8) is 0 Å². The molecule has 0 saturated carbocycles. The minimum absolute atomic E-state index is 0.0326. The summed E-state index contributed by atoms with van der Waals surface area (Å²) in [5, 5.41) is 5.92. The van der Waals surface area contributed by atoms with E-state index in [2.05, 4.69) is 10.6 Å². The predicted octanol–water partition coefficient (Wildman–Crippen LogP) is 2.67. The highest BCUT2D eigenvalue weighted by Crippen LogP contribution is 2.18. The normalized spacial score (nSPS) is 15.4. The molecule has 0 radical (unpaired) electrons. The van der Waals surface area contributed by atoms with Crippen LogP contribution >= 0.6 is 0 Å². The molecule has 6 nitrogen and oxygen atoms in total. The second-order valence-electron chi connectivity index (χ2n) is 7.37. The average molecular weight is 393 g/mol. The van der Waals surface area contributed by atoms with E-state index in [0.717, 1.165) is 18.4 Å². The van der Waals surface area contributed by atoms with Gasteiger partial charge >= 0.3 is 0 Å². The molecular formula is C23H27N3O3. The Morgan fingerprint density at radius 1 is 0.966 bits per heavy atom. The average Bonchev–Trinajstić information content (AvgIpc) is 2.74. The van der Waals surface area contributed by atoms with Gasteiger partial charge in [0.1, 0.15) is 0 Å². The maximum atomic E-state index is 12.6. The molecule has 1 atom stereocenters. The fourth-order valence-electron chi connectivity index (χ4n) is 3.65. The summed E-state index contributed by atoms with van der Waals surface area (Å²) in [6, 6.07) is 18.4. The number of hydrogen-bond acceptors (Lipinski definition) is 3. The first-order chi connectivity index (χ1) is 14.0. The molecule has 3 rings (SSSR count). The van der Waals surface area contributed by atoms with Crippen molar-refractivity contribution in [1.29, 1.82) is 0 Å². The van der Waals surface area contributed by atoms with Crippen LogP contribution in [-0.2, 0) is 9.59 Å². The van der Waals surface area contributed by atoms with E-state index in [-0.39, 0.29) is 36.2 Å². The number of benzene rings is 2. The molecule has 0 aromatic heterocycles. The molecule has 1 saturated heterocycles. The number of likely N-dealkylation sites (tertiary alicyclic amines) is 1. The lowest BCUT2D eigenvalue weighted by Crippen LogP contribution is -2.47. The molecule has 3 amide bonds. The molecule has 2 aromatic rings. The van der Waals surface area contributed by atoms with Crippen LogP contribution in [0.2, 0.25) is 0 Å². The fraction of sp³-hybridized carbons (Fsp3) is 0.348. The molecule has 0 aliphatic carbocycles. The Kier molecular flexibility index (Phi) is 7.00. The Bertz CT molecular complexity index is 831. The summed E-state index contributed by atoms with van der Waals surface area (Å²) in [7, 11) is 0. The Morgan fingerprint density at radius 3 is 2.14 bits per heavy atom.